The van der Waals surface area contributed by atoms with Gasteiger partial charge >= 0.3 is 0 Å². The Balaban J connectivity index is 2.02. The van der Waals surface area contributed by atoms with Crippen molar-refractivity contribution in [2.75, 3.05) is 26.3 Å². The summed E-state index contributed by atoms with van der Waals surface area (Å²) in [7, 11) is 0. The molecule has 1 heterocycles. The van der Waals surface area contributed by atoms with Crippen molar-refractivity contribution < 1.29 is 14.4 Å². The molecule has 1 unspecified atom stereocenters. The Morgan fingerprint density at radius 1 is 1.33 bits per heavy atom. The lowest BCUT2D eigenvalue weighted by molar-refractivity contribution is -0.385. The molecule has 1 aliphatic rings. The molecule has 21 heavy (non-hydrogen) atoms. The second-order valence-corrected chi connectivity index (χ2v) is 5.29. The summed E-state index contributed by atoms with van der Waals surface area (Å²) in [5.74, 6) is 1.45. The highest BCUT2D eigenvalue weighted by Gasteiger charge is 2.16. The van der Waals surface area contributed by atoms with Gasteiger partial charge in [-0.15, -0.1) is 0 Å². The first-order valence-electron chi connectivity index (χ1n) is 7.45. The molecular weight excluding hydrogens is 272 g/mol. The van der Waals surface area contributed by atoms with Gasteiger partial charge in [0.25, 0.3) is 5.69 Å². The third-order valence-corrected chi connectivity index (χ3v) is 3.43. The van der Waals surface area contributed by atoms with E-state index in [1.54, 1.807) is 6.07 Å². The summed E-state index contributed by atoms with van der Waals surface area (Å²) in [6.07, 6.45) is 3.13. The van der Waals surface area contributed by atoms with Gasteiger partial charge in [0.2, 0.25) is 0 Å². The van der Waals surface area contributed by atoms with Crippen LogP contribution in [-0.4, -0.2) is 31.2 Å². The minimum Gasteiger partial charge on any atom is -0.493 e. The molecule has 1 atom stereocenters. The summed E-state index contributed by atoms with van der Waals surface area (Å²) in [6, 6.07) is 4.61. The van der Waals surface area contributed by atoms with Crippen LogP contribution in [0.3, 0.4) is 0 Å². The van der Waals surface area contributed by atoms with Crippen LogP contribution < -0.4 is 14.8 Å². The summed E-state index contributed by atoms with van der Waals surface area (Å²) >= 11 is 0. The minimum atomic E-state index is -0.423. The van der Waals surface area contributed by atoms with Crippen molar-refractivity contribution in [3.05, 3.63) is 28.3 Å². The van der Waals surface area contributed by atoms with Crippen LogP contribution in [0.2, 0.25) is 0 Å². The monoisotopic (exact) mass is 294 g/mol. The van der Waals surface area contributed by atoms with Gasteiger partial charge in [0.1, 0.15) is 11.5 Å². The van der Waals surface area contributed by atoms with E-state index in [4.69, 9.17) is 9.47 Å². The number of piperidine rings is 1. The number of non-ortho nitro benzene ring substituents is 1. The number of nitrogens with zero attached hydrogens (tertiary/aromatic N) is 1. The van der Waals surface area contributed by atoms with Crippen LogP contribution in [0.5, 0.6) is 11.5 Å². The molecular formula is C15H22N2O4. The first-order chi connectivity index (χ1) is 10.2. The van der Waals surface area contributed by atoms with E-state index in [1.165, 1.54) is 12.1 Å². The molecule has 0 aliphatic carbocycles. The summed E-state index contributed by atoms with van der Waals surface area (Å²) in [5.41, 5.74) is 0.000345. The predicted octanol–water partition coefficient (Wildman–Crippen LogP) is 2.76. The van der Waals surface area contributed by atoms with Crippen molar-refractivity contribution >= 4 is 5.69 Å². The maximum Gasteiger partial charge on any atom is 0.276 e. The Labute approximate surface area is 124 Å². The molecule has 0 aromatic heterocycles. The highest BCUT2D eigenvalue weighted by atomic mass is 16.6. The Morgan fingerprint density at radius 2 is 2.10 bits per heavy atom. The van der Waals surface area contributed by atoms with Crippen molar-refractivity contribution in [3.8, 4) is 11.5 Å². The minimum absolute atomic E-state index is 0.000345. The highest BCUT2D eigenvalue weighted by Crippen LogP contribution is 2.28. The third-order valence-electron chi connectivity index (χ3n) is 3.43. The van der Waals surface area contributed by atoms with Gasteiger partial charge in [-0.1, -0.05) is 6.92 Å². The number of nitro groups is 1. The fraction of sp³-hybridized carbons (Fsp3) is 0.600. The average molecular weight is 294 g/mol. The maximum atomic E-state index is 11.0. The van der Waals surface area contributed by atoms with E-state index in [-0.39, 0.29) is 5.69 Å². The van der Waals surface area contributed by atoms with E-state index in [0.29, 0.717) is 30.6 Å². The quantitative estimate of drug-likeness (QED) is 0.618. The van der Waals surface area contributed by atoms with Gasteiger partial charge < -0.3 is 14.8 Å². The Morgan fingerprint density at radius 3 is 2.71 bits per heavy atom. The molecule has 6 heteroatoms. The lowest BCUT2D eigenvalue weighted by Gasteiger charge is -2.22. The zero-order valence-electron chi connectivity index (χ0n) is 12.3. The van der Waals surface area contributed by atoms with E-state index in [9.17, 15) is 10.1 Å². The first kappa shape index (κ1) is 15.6. The van der Waals surface area contributed by atoms with Crippen molar-refractivity contribution in [1.82, 2.24) is 5.32 Å². The average Bonchev–Trinajstić information content (AvgIpc) is 2.51. The number of rotatable bonds is 7. The molecule has 1 fully saturated rings. The Kier molecular flexibility index (Phi) is 5.80. The second-order valence-electron chi connectivity index (χ2n) is 5.29. The van der Waals surface area contributed by atoms with Gasteiger partial charge in [-0.3, -0.25) is 10.1 Å². The topological polar surface area (TPSA) is 73.6 Å². The zero-order chi connectivity index (χ0) is 15.1. The van der Waals surface area contributed by atoms with Gasteiger partial charge in [0.15, 0.2) is 0 Å². The van der Waals surface area contributed by atoms with Gasteiger partial charge in [0.05, 0.1) is 30.3 Å². The summed E-state index contributed by atoms with van der Waals surface area (Å²) in [6.45, 7) is 5.09. The first-order valence-corrected chi connectivity index (χ1v) is 7.45. The maximum absolute atomic E-state index is 11.0. The fourth-order valence-corrected chi connectivity index (χ4v) is 2.33. The number of nitro benzene ring substituents is 1. The van der Waals surface area contributed by atoms with Crippen LogP contribution in [0.15, 0.2) is 18.2 Å². The Bertz CT molecular complexity index is 473. The van der Waals surface area contributed by atoms with Gasteiger partial charge in [-0.25, -0.2) is 0 Å². The molecule has 2 rings (SSSR count). The van der Waals surface area contributed by atoms with Crippen LogP contribution in [0.4, 0.5) is 5.69 Å². The summed E-state index contributed by atoms with van der Waals surface area (Å²) < 4.78 is 11.2. The SMILES string of the molecule is CCCOc1cc(OCC2CCCNC2)cc([N+](=O)[O-])c1. The predicted molar refractivity (Wildman–Crippen MR) is 80.0 cm³/mol. The van der Waals surface area contributed by atoms with Crippen molar-refractivity contribution in [3.63, 3.8) is 0 Å². The van der Waals surface area contributed by atoms with Crippen LogP contribution >= 0.6 is 0 Å². The lowest BCUT2D eigenvalue weighted by atomic mass is 10.0. The standard InChI is InChI=1S/C15H22N2O4/c1-2-6-20-14-7-13(17(18)19)8-15(9-14)21-11-12-4-3-5-16-10-12/h7-9,12,16H,2-6,10-11H2,1H3. The number of nitrogens with one attached hydrogen (secondary N) is 1. The zero-order valence-corrected chi connectivity index (χ0v) is 12.3. The Hall–Kier alpha value is -1.82. The molecule has 1 aromatic carbocycles. The van der Waals surface area contributed by atoms with Crippen molar-refractivity contribution in [1.29, 1.82) is 0 Å². The fourth-order valence-electron chi connectivity index (χ4n) is 2.33. The van der Waals surface area contributed by atoms with E-state index in [1.807, 2.05) is 6.92 Å². The molecule has 1 N–H and O–H groups in total. The van der Waals surface area contributed by atoms with E-state index < -0.39 is 4.92 Å². The van der Waals surface area contributed by atoms with Gasteiger partial charge in [-0.2, -0.15) is 0 Å². The molecule has 0 spiro atoms. The molecule has 1 aromatic rings. The summed E-state index contributed by atoms with van der Waals surface area (Å²) in [5, 5.41) is 14.3. The molecule has 0 bridgehead atoms. The third kappa shape index (κ3) is 4.90. The normalized spacial score (nSPS) is 18.2. The second kappa shape index (κ2) is 7.83. The van der Waals surface area contributed by atoms with Crippen LogP contribution in [0.25, 0.3) is 0 Å². The molecule has 0 saturated carbocycles. The highest BCUT2D eigenvalue weighted by molar-refractivity contribution is 5.46. The van der Waals surface area contributed by atoms with E-state index >= 15 is 0 Å². The van der Waals surface area contributed by atoms with E-state index in [0.717, 1.165) is 32.4 Å². The molecule has 1 aliphatic heterocycles. The number of hydrogen-bond donors (Lipinski definition) is 1. The van der Waals surface area contributed by atoms with Gasteiger partial charge in [-0.05, 0) is 25.8 Å². The molecule has 6 nitrogen and oxygen atoms in total. The molecule has 0 amide bonds. The number of hydrogen-bond acceptors (Lipinski definition) is 5. The van der Waals surface area contributed by atoms with Crippen LogP contribution in [-0.2, 0) is 0 Å². The number of ether oxygens (including phenoxy) is 2. The smallest absolute Gasteiger partial charge is 0.276 e. The van der Waals surface area contributed by atoms with Crippen molar-refractivity contribution in [2.24, 2.45) is 5.92 Å². The summed E-state index contributed by atoms with van der Waals surface area (Å²) in [4.78, 5) is 10.5. The lowest BCUT2D eigenvalue weighted by Crippen LogP contribution is -2.33. The van der Waals surface area contributed by atoms with Crippen LogP contribution in [0, 0.1) is 16.0 Å². The molecule has 116 valence electrons. The molecule has 0 radical (unpaired) electrons. The van der Waals surface area contributed by atoms with Crippen LogP contribution in [0.1, 0.15) is 26.2 Å². The van der Waals surface area contributed by atoms with Gasteiger partial charge in [0, 0.05) is 18.5 Å². The molecule has 1 saturated heterocycles. The largest absolute Gasteiger partial charge is 0.493 e. The van der Waals surface area contributed by atoms with E-state index in [2.05, 4.69) is 5.32 Å². The van der Waals surface area contributed by atoms with Crippen molar-refractivity contribution in [2.45, 2.75) is 26.2 Å². The number of benzene rings is 1.